The Morgan fingerprint density at radius 1 is 1.44 bits per heavy atom. The van der Waals surface area contributed by atoms with Crippen molar-refractivity contribution in [3.63, 3.8) is 0 Å². The molecule has 0 radical (unpaired) electrons. The van der Waals surface area contributed by atoms with Gasteiger partial charge in [-0.1, -0.05) is 24.3 Å². The number of ether oxygens (including phenoxy) is 1. The predicted molar refractivity (Wildman–Crippen MR) is 70.3 cm³/mol. The molecule has 0 aliphatic carbocycles. The van der Waals surface area contributed by atoms with Crippen molar-refractivity contribution < 1.29 is 9.53 Å². The van der Waals surface area contributed by atoms with Gasteiger partial charge < -0.3 is 9.64 Å². The number of carbonyl (C=O) groups is 1. The summed E-state index contributed by atoms with van der Waals surface area (Å²) in [5, 5.41) is 0. The minimum Gasteiger partial charge on any atom is -0.450 e. The second kappa shape index (κ2) is 5.40. The normalized spacial score (nSPS) is 18.0. The number of amides is 1. The van der Waals surface area contributed by atoms with Gasteiger partial charge in [0.25, 0.3) is 0 Å². The summed E-state index contributed by atoms with van der Waals surface area (Å²) in [6.07, 6.45) is -0.222. The number of likely N-dealkylation sites (N-methyl/N-ethyl adjacent to an activating group) is 1. The van der Waals surface area contributed by atoms with Crippen molar-refractivity contribution in [2.24, 2.45) is 0 Å². The van der Waals surface area contributed by atoms with E-state index in [1.165, 1.54) is 11.1 Å². The molecule has 1 aromatic rings. The van der Waals surface area contributed by atoms with Crippen LogP contribution in [-0.4, -0.2) is 43.1 Å². The topological polar surface area (TPSA) is 32.8 Å². The molecule has 0 bridgehead atoms. The summed E-state index contributed by atoms with van der Waals surface area (Å²) in [6, 6.07) is 8.31. The Labute approximate surface area is 108 Å². The Bertz CT molecular complexity index is 432. The third-order valence-electron chi connectivity index (χ3n) is 3.17. The second-order valence-corrected chi connectivity index (χ2v) is 4.80. The molecule has 2 rings (SSSR count). The van der Waals surface area contributed by atoms with Gasteiger partial charge in [-0.05, 0) is 32.1 Å². The molecular weight excluding hydrogens is 228 g/mol. The van der Waals surface area contributed by atoms with E-state index in [9.17, 15) is 4.79 Å². The lowest BCUT2D eigenvalue weighted by molar-refractivity contribution is 0.0872. The third kappa shape index (κ3) is 2.48. The van der Waals surface area contributed by atoms with E-state index in [1.54, 1.807) is 0 Å². The number of nitrogens with zero attached hydrogens (tertiary/aromatic N) is 2. The minimum atomic E-state index is -0.222. The van der Waals surface area contributed by atoms with Gasteiger partial charge >= 0.3 is 6.09 Å². The van der Waals surface area contributed by atoms with E-state index < -0.39 is 0 Å². The number of carbonyl (C=O) groups excluding carboxylic acids is 1. The van der Waals surface area contributed by atoms with Gasteiger partial charge in [-0.15, -0.1) is 0 Å². The fourth-order valence-electron chi connectivity index (χ4n) is 2.41. The van der Waals surface area contributed by atoms with Gasteiger partial charge in [0.2, 0.25) is 0 Å². The highest BCUT2D eigenvalue weighted by molar-refractivity contribution is 5.69. The van der Waals surface area contributed by atoms with Crippen LogP contribution >= 0.6 is 0 Å². The van der Waals surface area contributed by atoms with Gasteiger partial charge in [-0.3, -0.25) is 4.90 Å². The zero-order chi connectivity index (χ0) is 13.1. The summed E-state index contributed by atoms with van der Waals surface area (Å²) < 4.78 is 5.14. The molecule has 1 unspecified atom stereocenters. The SMILES string of the molecule is CCOC(=O)N1Cc2ccccc2C1CN(C)C. The van der Waals surface area contributed by atoms with Crippen LogP contribution in [0.25, 0.3) is 0 Å². The molecule has 1 aromatic carbocycles. The summed E-state index contributed by atoms with van der Waals surface area (Å²) in [6.45, 7) is 3.71. The molecule has 98 valence electrons. The number of hydrogen-bond acceptors (Lipinski definition) is 3. The van der Waals surface area contributed by atoms with Gasteiger partial charge in [0.15, 0.2) is 0 Å². The van der Waals surface area contributed by atoms with E-state index in [0.29, 0.717) is 13.2 Å². The van der Waals surface area contributed by atoms with Crippen LogP contribution in [0.5, 0.6) is 0 Å². The predicted octanol–water partition coefficient (Wildman–Crippen LogP) is 2.26. The van der Waals surface area contributed by atoms with Crippen LogP contribution in [0.15, 0.2) is 24.3 Å². The van der Waals surface area contributed by atoms with Crippen molar-refractivity contribution in [2.75, 3.05) is 27.2 Å². The molecule has 4 heteroatoms. The van der Waals surface area contributed by atoms with Crippen molar-refractivity contribution in [3.8, 4) is 0 Å². The lowest BCUT2D eigenvalue weighted by Gasteiger charge is -2.26. The largest absolute Gasteiger partial charge is 0.450 e. The van der Waals surface area contributed by atoms with Gasteiger partial charge in [0.05, 0.1) is 19.2 Å². The monoisotopic (exact) mass is 248 g/mol. The Hall–Kier alpha value is -1.55. The molecule has 0 spiro atoms. The first kappa shape index (κ1) is 12.9. The van der Waals surface area contributed by atoms with Gasteiger partial charge in [-0.25, -0.2) is 4.79 Å². The summed E-state index contributed by atoms with van der Waals surface area (Å²) in [4.78, 5) is 15.9. The van der Waals surface area contributed by atoms with E-state index in [1.807, 2.05) is 38.1 Å². The Balaban J connectivity index is 2.24. The Morgan fingerprint density at radius 3 is 2.83 bits per heavy atom. The molecule has 1 amide bonds. The maximum absolute atomic E-state index is 12.0. The summed E-state index contributed by atoms with van der Waals surface area (Å²) in [5.41, 5.74) is 2.46. The maximum atomic E-state index is 12.0. The Kier molecular flexibility index (Phi) is 3.87. The molecule has 1 aliphatic heterocycles. The van der Waals surface area contributed by atoms with Crippen LogP contribution < -0.4 is 0 Å². The fourth-order valence-corrected chi connectivity index (χ4v) is 2.41. The van der Waals surface area contributed by atoms with Crippen LogP contribution in [-0.2, 0) is 11.3 Å². The third-order valence-corrected chi connectivity index (χ3v) is 3.17. The summed E-state index contributed by atoms with van der Waals surface area (Å²) in [7, 11) is 4.04. The zero-order valence-electron chi connectivity index (χ0n) is 11.2. The van der Waals surface area contributed by atoms with Gasteiger partial charge in [-0.2, -0.15) is 0 Å². The van der Waals surface area contributed by atoms with E-state index in [0.717, 1.165) is 6.54 Å². The smallest absolute Gasteiger partial charge is 0.410 e. The van der Waals surface area contributed by atoms with Crippen molar-refractivity contribution >= 4 is 6.09 Å². The molecule has 4 nitrogen and oxygen atoms in total. The standard InChI is InChI=1S/C14H20N2O2/c1-4-18-14(17)16-9-11-7-5-6-8-12(11)13(16)10-15(2)3/h5-8,13H,4,9-10H2,1-3H3. The summed E-state index contributed by atoms with van der Waals surface area (Å²) in [5.74, 6) is 0. The van der Waals surface area contributed by atoms with E-state index >= 15 is 0 Å². The highest BCUT2D eigenvalue weighted by Gasteiger charge is 2.34. The first-order chi connectivity index (χ1) is 8.63. The number of rotatable bonds is 3. The van der Waals surface area contributed by atoms with Crippen LogP contribution in [0.3, 0.4) is 0 Å². The molecule has 1 heterocycles. The first-order valence-electron chi connectivity index (χ1n) is 6.29. The molecule has 18 heavy (non-hydrogen) atoms. The number of fused-ring (bicyclic) bond motifs is 1. The molecule has 1 atom stereocenters. The molecule has 0 N–H and O–H groups in total. The quantitative estimate of drug-likeness (QED) is 0.822. The summed E-state index contributed by atoms with van der Waals surface area (Å²) >= 11 is 0. The average Bonchev–Trinajstić information content (AvgIpc) is 2.68. The first-order valence-corrected chi connectivity index (χ1v) is 6.29. The van der Waals surface area contributed by atoms with E-state index in [4.69, 9.17) is 4.74 Å². The zero-order valence-corrected chi connectivity index (χ0v) is 11.2. The van der Waals surface area contributed by atoms with Crippen LogP contribution in [0, 0.1) is 0 Å². The highest BCUT2D eigenvalue weighted by atomic mass is 16.6. The molecular formula is C14H20N2O2. The number of hydrogen-bond donors (Lipinski definition) is 0. The van der Waals surface area contributed by atoms with Crippen LogP contribution in [0.4, 0.5) is 4.79 Å². The van der Waals surface area contributed by atoms with Crippen molar-refractivity contribution in [1.82, 2.24) is 9.80 Å². The maximum Gasteiger partial charge on any atom is 0.410 e. The molecule has 0 saturated carbocycles. The molecule has 0 fully saturated rings. The minimum absolute atomic E-state index is 0.0928. The second-order valence-electron chi connectivity index (χ2n) is 4.80. The molecule has 0 aromatic heterocycles. The Morgan fingerprint density at radius 2 is 2.17 bits per heavy atom. The molecule has 0 saturated heterocycles. The van der Waals surface area contributed by atoms with Crippen molar-refractivity contribution in [1.29, 1.82) is 0 Å². The van der Waals surface area contributed by atoms with Gasteiger partial charge in [0, 0.05) is 6.54 Å². The van der Waals surface area contributed by atoms with Crippen LogP contribution in [0.1, 0.15) is 24.1 Å². The number of benzene rings is 1. The average molecular weight is 248 g/mol. The van der Waals surface area contributed by atoms with Gasteiger partial charge in [0.1, 0.15) is 0 Å². The molecule has 1 aliphatic rings. The lowest BCUT2D eigenvalue weighted by Crippen LogP contribution is -2.35. The van der Waals surface area contributed by atoms with E-state index in [-0.39, 0.29) is 12.1 Å². The van der Waals surface area contributed by atoms with Crippen LogP contribution in [0.2, 0.25) is 0 Å². The fraction of sp³-hybridized carbons (Fsp3) is 0.500. The van der Waals surface area contributed by atoms with Crippen molar-refractivity contribution in [3.05, 3.63) is 35.4 Å². The van der Waals surface area contributed by atoms with Crippen molar-refractivity contribution in [2.45, 2.75) is 19.5 Å². The highest BCUT2D eigenvalue weighted by Crippen LogP contribution is 2.34. The lowest BCUT2D eigenvalue weighted by atomic mass is 10.0. The van der Waals surface area contributed by atoms with E-state index in [2.05, 4.69) is 17.0 Å².